The molecular formula is C16H22N2O3. The van der Waals surface area contributed by atoms with Crippen LogP contribution in [0.1, 0.15) is 27.9 Å². The molecule has 1 N–H and O–H groups in total. The maximum atomic E-state index is 12.6. The highest BCUT2D eigenvalue weighted by Crippen LogP contribution is 2.15. The van der Waals surface area contributed by atoms with Crippen LogP contribution in [0.3, 0.4) is 0 Å². The van der Waals surface area contributed by atoms with Crippen molar-refractivity contribution in [3.63, 3.8) is 0 Å². The first-order chi connectivity index (χ1) is 9.97. The Morgan fingerprint density at radius 1 is 1.14 bits per heavy atom. The minimum absolute atomic E-state index is 0.0460. The number of rotatable bonds is 3. The van der Waals surface area contributed by atoms with Crippen molar-refractivity contribution in [3.8, 4) is 0 Å². The fraction of sp³-hybridized carbons (Fsp3) is 0.500. The molecule has 1 heterocycles. The maximum absolute atomic E-state index is 12.6. The van der Waals surface area contributed by atoms with Gasteiger partial charge in [0.15, 0.2) is 0 Å². The number of benzene rings is 1. The lowest BCUT2D eigenvalue weighted by Crippen LogP contribution is -2.36. The molecule has 2 rings (SSSR count). The van der Waals surface area contributed by atoms with Crippen molar-refractivity contribution in [2.75, 3.05) is 32.7 Å². The van der Waals surface area contributed by atoms with Crippen molar-refractivity contribution < 1.29 is 14.7 Å². The molecular weight excluding hydrogens is 268 g/mol. The van der Waals surface area contributed by atoms with Gasteiger partial charge in [-0.2, -0.15) is 0 Å². The van der Waals surface area contributed by atoms with E-state index >= 15 is 0 Å². The van der Waals surface area contributed by atoms with Crippen LogP contribution in [0.5, 0.6) is 0 Å². The molecule has 0 bridgehead atoms. The maximum Gasteiger partial charge on any atom is 0.317 e. The number of amides is 1. The van der Waals surface area contributed by atoms with Crippen molar-refractivity contribution >= 4 is 11.9 Å². The summed E-state index contributed by atoms with van der Waals surface area (Å²) in [5.74, 6) is -0.770. The van der Waals surface area contributed by atoms with E-state index in [0.29, 0.717) is 19.6 Å². The number of hydrogen-bond acceptors (Lipinski definition) is 3. The van der Waals surface area contributed by atoms with Crippen molar-refractivity contribution in [2.45, 2.75) is 20.3 Å². The molecule has 0 aliphatic carbocycles. The Morgan fingerprint density at radius 2 is 1.90 bits per heavy atom. The number of carboxylic acid groups (broad SMARTS) is 1. The lowest BCUT2D eigenvalue weighted by atomic mass is 10.0. The molecule has 1 aliphatic heterocycles. The molecule has 21 heavy (non-hydrogen) atoms. The zero-order valence-corrected chi connectivity index (χ0v) is 12.6. The largest absolute Gasteiger partial charge is 0.480 e. The first-order valence-electron chi connectivity index (χ1n) is 7.28. The van der Waals surface area contributed by atoms with Gasteiger partial charge in [0.25, 0.3) is 5.91 Å². The Hall–Kier alpha value is -1.88. The number of hydrogen-bond donors (Lipinski definition) is 1. The summed E-state index contributed by atoms with van der Waals surface area (Å²) in [7, 11) is 0. The molecule has 5 nitrogen and oxygen atoms in total. The molecule has 1 aromatic rings. The molecule has 0 saturated carbocycles. The van der Waals surface area contributed by atoms with E-state index in [1.54, 1.807) is 0 Å². The second kappa shape index (κ2) is 6.72. The predicted molar refractivity (Wildman–Crippen MR) is 80.5 cm³/mol. The fourth-order valence-corrected chi connectivity index (χ4v) is 2.75. The number of nitrogens with zero attached hydrogens (tertiary/aromatic N) is 2. The number of aryl methyl sites for hydroxylation is 2. The van der Waals surface area contributed by atoms with Crippen LogP contribution in [0.4, 0.5) is 0 Å². The van der Waals surface area contributed by atoms with Crippen molar-refractivity contribution in [1.82, 2.24) is 9.80 Å². The van der Waals surface area contributed by atoms with Gasteiger partial charge in [-0.1, -0.05) is 17.7 Å². The molecule has 1 amide bonds. The first-order valence-corrected chi connectivity index (χ1v) is 7.28. The van der Waals surface area contributed by atoms with Gasteiger partial charge in [-0.25, -0.2) is 0 Å². The smallest absolute Gasteiger partial charge is 0.317 e. The highest BCUT2D eigenvalue weighted by molar-refractivity contribution is 5.95. The van der Waals surface area contributed by atoms with Crippen molar-refractivity contribution in [1.29, 1.82) is 0 Å². The van der Waals surface area contributed by atoms with E-state index in [9.17, 15) is 9.59 Å². The Balaban J connectivity index is 2.04. The number of carbonyl (C=O) groups is 2. The Morgan fingerprint density at radius 3 is 2.57 bits per heavy atom. The second-order valence-corrected chi connectivity index (χ2v) is 5.63. The zero-order valence-electron chi connectivity index (χ0n) is 12.6. The molecule has 0 aromatic heterocycles. The molecule has 1 saturated heterocycles. The monoisotopic (exact) mass is 290 g/mol. The summed E-state index contributed by atoms with van der Waals surface area (Å²) in [6, 6.07) is 5.85. The highest BCUT2D eigenvalue weighted by Gasteiger charge is 2.22. The van der Waals surface area contributed by atoms with Crippen LogP contribution in [0.2, 0.25) is 0 Å². The molecule has 0 spiro atoms. The van der Waals surface area contributed by atoms with E-state index in [2.05, 4.69) is 0 Å². The van der Waals surface area contributed by atoms with Gasteiger partial charge in [-0.3, -0.25) is 14.5 Å². The summed E-state index contributed by atoms with van der Waals surface area (Å²) in [6.45, 7) is 6.62. The van der Waals surface area contributed by atoms with Crippen LogP contribution in [-0.4, -0.2) is 59.5 Å². The van der Waals surface area contributed by atoms with E-state index in [4.69, 9.17) is 5.11 Å². The average molecular weight is 290 g/mol. The van der Waals surface area contributed by atoms with E-state index in [1.165, 1.54) is 0 Å². The van der Waals surface area contributed by atoms with Crippen molar-refractivity contribution in [2.24, 2.45) is 0 Å². The second-order valence-electron chi connectivity index (χ2n) is 5.63. The Bertz CT molecular complexity index is 542. The average Bonchev–Trinajstić information content (AvgIpc) is 2.63. The van der Waals surface area contributed by atoms with Crippen LogP contribution in [-0.2, 0) is 4.79 Å². The standard InChI is InChI=1S/C16H22N2O3/c1-12-4-5-14(13(2)10-12)16(21)18-7-3-6-17(8-9-18)11-15(19)20/h4-5,10H,3,6-9,11H2,1-2H3,(H,19,20). The minimum Gasteiger partial charge on any atom is -0.480 e. The van der Waals surface area contributed by atoms with E-state index < -0.39 is 5.97 Å². The summed E-state index contributed by atoms with van der Waals surface area (Å²) in [5, 5.41) is 8.85. The molecule has 0 atom stereocenters. The Kier molecular flexibility index (Phi) is 4.96. The van der Waals surface area contributed by atoms with Gasteiger partial charge >= 0.3 is 5.97 Å². The summed E-state index contributed by atoms with van der Waals surface area (Å²) >= 11 is 0. The van der Waals surface area contributed by atoms with Gasteiger partial charge in [0.05, 0.1) is 6.54 Å². The quantitative estimate of drug-likeness (QED) is 0.917. The number of aliphatic carboxylic acids is 1. The molecule has 1 aliphatic rings. The van der Waals surface area contributed by atoms with Crippen LogP contribution in [0.15, 0.2) is 18.2 Å². The number of carboxylic acids is 1. The van der Waals surface area contributed by atoms with E-state index in [0.717, 1.165) is 29.7 Å². The van der Waals surface area contributed by atoms with Crippen LogP contribution in [0.25, 0.3) is 0 Å². The summed E-state index contributed by atoms with van der Waals surface area (Å²) in [6.07, 6.45) is 0.809. The SMILES string of the molecule is Cc1ccc(C(=O)N2CCCN(CC(=O)O)CC2)c(C)c1. The van der Waals surface area contributed by atoms with E-state index in [1.807, 2.05) is 41.8 Å². The van der Waals surface area contributed by atoms with Crippen LogP contribution >= 0.6 is 0 Å². The molecule has 5 heteroatoms. The first kappa shape index (κ1) is 15.5. The zero-order chi connectivity index (χ0) is 15.4. The van der Waals surface area contributed by atoms with Gasteiger partial charge in [0.1, 0.15) is 0 Å². The molecule has 1 aromatic carbocycles. The molecule has 0 unspecified atom stereocenters. The normalized spacial score (nSPS) is 16.6. The molecule has 1 fully saturated rings. The third-order valence-corrected chi connectivity index (χ3v) is 3.85. The van der Waals surface area contributed by atoms with Gasteiger partial charge in [-0.15, -0.1) is 0 Å². The van der Waals surface area contributed by atoms with Crippen LogP contribution < -0.4 is 0 Å². The molecule has 114 valence electrons. The lowest BCUT2D eigenvalue weighted by molar-refractivity contribution is -0.138. The molecule has 0 radical (unpaired) electrons. The van der Waals surface area contributed by atoms with E-state index in [-0.39, 0.29) is 12.5 Å². The highest BCUT2D eigenvalue weighted by atomic mass is 16.4. The summed E-state index contributed by atoms with van der Waals surface area (Å²) in [5.41, 5.74) is 2.88. The predicted octanol–water partition coefficient (Wildman–Crippen LogP) is 1.54. The van der Waals surface area contributed by atoms with Gasteiger partial charge in [0, 0.05) is 31.7 Å². The minimum atomic E-state index is -0.816. The van der Waals surface area contributed by atoms with Gasteiger partial charge in [-0.05, 0) is 31.9 Å². The van der Waals surface area contributed by atoms with Gasteiger partial charge in [0.2, 0.25) is 0 Å². The Labute approximate surface area is 125 Å². The topological polar surface area (TPSA) is 60.9 Å². The van der Waals surface area contributed by atoms with Gasteiger partial charge < -0.3 is 10.0 Å². The fourth-order valence-electron chi connectivity index (χ4n) is 2.75. The summed E-state index contributed by atoms with van der Waals surface area (Å²) < 4.78 is 0. The summed E-state index contributed by atoms with van der Waals surface area (Å²) in [4.78, 5) is 27.1. The third kappa shape index (κ3) is 4.04. The van der Waals surface area contributed by atoms with Crippen LogP contribution in [0, 0.1) is 13.8 Å². The number of carbonyl (C=O) groups excluding carboxylic acids is 1. The van der Waals surface area contributed by atoms with Crippen molar-refractivity contribution in [3.05, 3.63) is 34.9 Å². The third-order valence-electron chi connectivity index (χ3n) is 3.85. The lowest BCUT2D eigenvalue weighted by Gasteiger charge is -2.22.